The second-order valence-corrected chi connectivity index (χ2v) is 4.75. The minimum Gasteiger partial charge on any atom is -0.465 e. The highest BCUT2D eigenvalue weighted by Gasteiger charge is 2.26. The molecule has 1 aromatic rings. The maximum absolute atomic E-state index is 11.9. The fourth-order valence-electron chi connectivity index (χ4n) is 1.49. The van der Waals surface area contributed by atoms with Crippen molar-refractivity contribution in [3.05, 3.63) is 23.2 Å². The lowest BCUT2D eigenvalue weighted by molar-refractivity contribution is -0.146. The van der Waals surface area contributed by atoms with Crippen molar-refractivity contribution < 1.29 is 22.3 Å². The Hall–Kier alpha value is -1.01. The molecule has 0 aliphatic carbocycles. The Kier molecular flexibility index (Phi) is 5.87. The molecule has 0 aliphatic heterocycles. The topological polar surface area (TPSA) is 34.4 Å². The van der Waals surface area contributed by atoms with Gasteiger partial charge in [0, 0.05) is 11.6 Å². The van der Waals surface area contributed by atoms with Gasteiger partial charge < -0.3 is 14.5 Å². The van der Waals surface area contributed by atoms with Gasteiger partial charge in [0.15, 0.2) is 0 Å². The van der Waals surface area contributed by atoms with Crippen LogP contribution in [0.25, 0.3) is 0 Å². The van der Waals surface area contributed by atoms with E-state index in [1.165, 1.54) is 0 Å². The molecular weight excluding hydrogens is 259 g/mol. The van der Waals surface area contributed by atoms with Crippen molar-refractivity contribution in [3.8, 4) is 0 Å². The van der Waals surface area contributed by atoms with E-state index < -0.39 is 12.6 Å². The fraction of sp³-hybridized carbons (Fsp3) is 0.692. The van der Waals surface area contributed by atoms with Crippen molar-refractivity contribution in [2.24, 2.45) is 0 Å². The van der Waals surface area contributed by atoms with Crippen LogP contribution in [0.5, 0.6) is 0 Å². The van der Waals surface area contributed by atoms with E-state index in [1.54, 1.807) is 6.92 Å². The van der Waals surface area contributed by atoms with Crippen LogP contribution in [0.3, 0.4) is 0 Å². The number of halogens is 3. The van der Waals surface area contributed by atoms with Crippen molar-refractivity contribution in [1.29, 1.82) is 0 Å². The Morgan fingerprint density at radius 2 is 2.05 bits per heavy atom. The third kappa shape index (κ3) is 6.63. The zero-order valence-electron chi connectivity index (χ0n) is 11.4. The van der Waals surface area contributed by atoms with Crippen molar-refractivity contribution in [2.75, 3.05) is 6.61 Å². The molecular formula is C13H20F3NO2. The Bertz CT molecular complexity index is 386. The third-order valence-electron chi connectivity index (χ3n) is 2.54. The smallest absolute Gasteiger partial charge is 0.391 e. The van der Waals surface area contributed by atoms with Crippen molar-refractivity contribution >= 4 is 0 Å². The highest BCUT2D eigenvalue weighted by Crippen LogP contribution is 2.20. The van der Waals surface area contributed by atoms with Gasteiger partial charge in [-0.15, -0.1) is 0 Å². The molecule has 0 aliphatic rings. The molecule has 1 rings (SSSR count). The molecule has 0 saturated carbocycles. The molecule has 0 radical (unpaired) electrons. The van der Waals surface area contributed by atoms with Gasteiger partial charge in [-0.25, -0.2) is 0 Å². The molecule has 0 saturated heterocycles. The summed E-state index contributed by atoms with van der Waals surface area (Å²) in [5.41, 5.74) is 0.794. The SMILES string of the molecule is Cc1oc(CNC(C)C)cc1COCCC(F)(F)F. The first-order chi connectivity index (χ1) is 8.78. The average molecular weight is 279 g/mol. The first-order valence-electron chi connectivity index (χ1n) is 6.24. The van der Waals surface area contributed by atoms with Crippen LogP contribution in [0.1, 0.15) is 37.4 Å². The Balaban J connectivity index is 2.37. The number of furan rings is 1. The van der Waals surface area contributed by atoms with Crippen LogP contribution >= 0.6 is 0 Å². The van der Waals surface area contributed by atoms with Crippen molar-refractivity contribution in [2.45, 2.75) is 52.6 Å². The lowest BCUT2D eigenvalue weighted by atomic mass is 10.2. The fourth-order valence-corrected chi connectivity index (χ4v) is 1.49. The number of aryl methyl sites for hydroxylation is 1. The lowest BCUT2D eigenvalue weighted by Crippen LogP contribution is -2.21. The molecule has 0 spiro atoms. The minimum atomic E-state index is -4.17. The quantitative estimate of drug-likeness (QED) is 0.775. The second-order valence-electron chi connectivity index (χ2n) is 4.75. The Morgan fingerprint density at radius 1 is 1.37 bits per heavy atom. The third-order valence-corrected chi connectivity index (χ3v) is 2.54. The lowest BCUT2D eigenvalue weighted by Gasteiger charge is -2.06. The molecule has 0 atom stereocenters. The van der Waals surface area contributed by atoms with Gasteiger partial charge in [-0.05, 0) is 13.0 Å². The summed E-state index contributed by atoms with van der Waals surface area (Å²) < 4.78 is 46.3. The normalized spacial score (nSPS) is 12.4. The van der Waals surface area contributed by atoms with Crippen molar-refractivity contribution in [1.82, 2.24) is 5.32 Å². The summed E-state index contributed by atoms with van der Waals surface area (Å²) in [4.78, 5) is 0. The molecule has 1 aromatic heterocycles. The van der Waals surface area contributed by atoms with Gasteiger partial charge in [0.1, 0.15) is 11.5 Å². The van der Waals surface area contributed by atoms with Gasteiger partial charge in [-0.1, -0.05) is 13.8 Å². The van der Waals surface area contributed by atoms with E-state index in [4.69, 9.17) is 9.15 Å². The van der Waals surface area contributed by atoms with E-state index in [-0.39, 0.29) is 13.2 Å². The number of nitrogens with one attached hydrogen (secondary N) is 1. The highest BCUT2D eigenvalue weighted by molar-refractivity contribution is 5.19. The summed E-state index contributed by atoms with van der Waals surface area (Å²) in [5.74, 6) is 1.45. The molecule has 3 nitrogen and oxygen atoms in total. The molecule has 0 fully saturated rings. The van der Waals surface area contributed by atoms with E-state index in [0.29, 0.717) is 18.3 Å². The zero-order valence-corrected chi connectivity index (χ0v) is 11.4. The van der Waals surface area contributed by atoms with Gasteiger partial charge >= 0.3 is 6.18 Å². The summed E-state index contributed by atoms with van der Waals surface area (Å²) >= 11 is 0. The van der Waals surface area contributed by atoms with E-state index in [9.17, 15) is 13.2 Å². The summed E-state index contributed by atoms with van der Waals surface area (Å²) in [6.07, 6.45) is -5.09. The monoisotopic (exact) mass is 279 g/mol. The van der Waals surface area contributed by atoms with E-state index >= 15 is 0 Å². The van der Waals surface area contributed by atoms with Crippen LogP contribution in [-0.4, -0.2) is 18.8 Å². The molecule has 6 heteroatoms. The maximum atomic E-state index is 11.9. The molecule has 19 heavy (non-hydrogen) atoms. The average Bonchev–Trinajstić information content (AvgIpc) is 2.62. The first-order valence-corrected chi connectivity index (χ1v) is 6.24. The molecule has 1 N–H and O–H groups in total. The van der Waals surface area contributed by atoms with Gasteiger partial charge in [-0.3, -0.25) is 0 Å². The molecule has 0 unspecified atom stereocenters. The number of rotatable bonds is 7. The zero-order chi connectivity index (χ0) is 14.5. The Morgan fingerprint density at radius 3 is 2.63 bits per heavy atom. The summed E-state index contributed by atoms with van der Waals surface area (Å²) in [7, 11) is 0. The highest BCUT2D eigenvalue weighted by atomic mass is 19.4. The predicted molar refractivity (Wildman–Crippen MR) is 65.7 cm³/mol. The number of hydrogen-bond donors (Lipinski definition) is 1. The molecule has 0 aromatic carbocycles. The second kappa shape index (κ2) is 6.96. The van der Waals surface area contributed by atoms with Crippen molar-refractivity contribution in [3.63, 3.8) is 0 Å². The Labute approximate surface area is 111 Å². The number of hydrogen-bond acceptors (Lipinski definition) is 3. The van der Waals surface area contributed by atoms with Crippen LogP contribution in [0.2, 0.25) is 0 Å². The largest absolute Gasteiger partial charge is 0.465 e. The first kappa shape index (κ1) is 16.0. The van der Waals surface area contributed by atoms with Gasteiger partial charge in [0.2, 0.25) is 0 Å². The predicted octanol–water partition coefficient (Wildman–Crippen LogP) is 3.56. The van der Waals surface area contributed by atoms with Crippen LogP contribution in [0, 0.1) is 6.92 Å². The number of ether oxygens (including phenoxy) is 1. The minimum absolute atomic E-state index is 0.146. The summed E-state index contributed by atoms with van der Waals surface area (Å²) in [6.45, 7) is 6.25. The molecule has 0 bridgehead atoms. The van der Waals surface area contributed by atoms with Gasteiger partial charge in [0.25, 0.3) is 0 Å². The van der Waals surface area contributed by atoms with Crippen LogP contribution in [0.4, 0.5) is 13.2 Å². The maximum Gasteiger partial charge on any atom is 0.391 e. The van der Waals surface area contributed by atoms with Crippen LogP contribution < -0.4 is 5.32 Å². The van der Waals surface area contributed by atoms with E-state index in [1.807, 2.05) is 19.9 Å². The number of alkyl halides is 3. The molecule has 1 heterocycles. The van der Waals surface area contributed by atoms with Crippen LogP contribution in [0.15, 0.2) is 10.5 Å². The molecule has 0 amide bonds. The van der Waals surface area contributed by atoms with E-state index in [0.717, 1.165) is 11.3 Å². The standard InChI is InChI=1S/C13H20F3NO2/c1-9(2)17-7-12-6-11(10(3)19-12)8-18-5-4-13(14,15)16/h6,9,17H,4-5,7-8H2,1-3H3. The van der Waals surface area contributed by atoms with E-state index in [2.05, 4.69) is 5.32 Å². The van der Waals surface area contributed by atoms with Gasteiger partial charge in [-0.2, -0.15) is 13.2 Å². The summed E-state index contributed by atoms with van der Waals surface area (Å²) in [6, 6.07) is 2.16. The molecule has 110 valence electrons. The summed E-state index contributed by atoms with van der Waals surface area (Å²) in [5, 5.41) is 3.21. The van der Waals surface area contributed by atoms with Gasteiger partial charge in [0.05, 0.1) is 26.2 Å². The van der Waals surface area contributed by atoms with Crippen LogP contribution in [-0.2, 0) is 17.9 Å².